The molecule has 3 heterocycles. The number of nitrogens with zero attached hydrogens (tertiary/aromatic N) is 4. The van der Waals surface area contributed by atoms with Crippen LogP contribution in [-0.4, -0.2) is 103 Å². The van der Waals surface area contributed by atoms with E-state index in [1.165, 1.54) is 6.20 Å². The Morgan fingerprint density at radius 1 is 0.833 bits per heavy atom. The van der Waals surface area contributed by atoms with Crippen molar-refractivity contribution in [2.45, 2.75) is 77.0 Å². The highest BCUT2D eigenvalue weighted by Gasteiger charge is 2.44. The Morgan fingerprint density at radius 2 is 1.50 bits per heavy atom. The van der Waals surface area contributed by atoms with Crippen LogP contribution in [0.2, 0.25) is 0 Å². The molecular weight excluding hydrogens is 803 g/mol. The molecule has 2 aliphatic rings. The molecule has 5 rings (SSSR count). The lowest BCUT2D eigenvalue weighted by atomic mass is 9.81. The monoisotopic (exact) mass is 860 g/mol. The highest BCUT2D eigenvalue weighted by atomic mass is 32.2. The van der Waals surface area contributed by atoms with E-state index in [9.17, 15) is 35.5 Å². The van der Waals surface area contributed by atoms with E-state index in [1.54, 1.807) is 31.1 Å². The Hall–Kier alpha value is -4.96. The zero-order valence-corrected chi connectivity index (χ0v) is 37.0. The molecular formula is C45H58N5O8S2+. The second-order valence-corrected chi connectivity index (χ2v) is 19.7. The van der Waals surface area contributed by atoms with Gasteiger partial charge in [0.1, 0.15) is 6.54 Å². The van der Waals surface area contributed by atoms with Crippen molar-refractivity contribution in [2.24, 2.45) is 0 Å². The third-order valence-corrected chi connectivity index (χ3v) is 12.8. The van der Waals surface area contributed by atoms with Crippen LogP contribution in [-0.2, 0) is 35.9 Å². The van der Waals surface area contributed by atoms with Crippen molar-refractivity contribution in [3.63, 3.8) is 0 Å². The van der Waals surface area contributed by atoms with E-state index in [0.29, 0.717) is 42.9 Å². The van der Waals surface area contributed by atoms with Crippen molar-refractivity contribution in [1.29, 1.82) is 0 Å². The molecule has 2 aromatic carbocycles. The lowest BCUT2D eigenvalue weighted by molar-refractivity contribution is -0.437. The number of hydrogen-bond acceptors (Lipinski definition) is 8. The van der Waals surface area contributed by atoms with E-state index >= 15 is 0 Å². The number of amides is 2. The summed E-state index contributed by atoms with van der Waals surface area (Å²) in [6.45, 7) is 9.60. The minimum absolute atomic E-state index is 0.0818. The average Bonchev–Trinajstić information content (AvgIpc) is 3.53. The molecule has 0 saturated heterocycles. The van der Waals surface area contributed by atoms with Gasteiger partial charge in [0, 0.05) is 86.3 Å². The van der Waals surface area contributed by atoms with Crippen molar-refractivity contribution in [1.82, 2.24) is 15.2 Å². The SMILES string of the molecule is CN(C)C(=O)CCCCCNC(=O)c1ccc(C(=C\C=C2\N(CCCS(=O)(=O)O)c3ccccc3C2(C)C)/C=C/C2=[N+](CCCS(=O)(=O)O)c3ccccc3C2(C)C)nc1. The fourth-order valence-corrected chi connectivity index (χ4v) is 8.93. The van der Waals surface area contributed by atoms with E-state index in [-0.39, 0.29) is 36.2 Å². The normalized spacial score (nSPS) is 16.7. The van der Waals surface area contributed by atoms with Crippen LogP contribution in [0.1, 0.15) is 93.4 Å². The number of carbonyl (C=O) groups is 2. The summed E-state index contributed by atoms with van der Waals surface area (Å²) in [5, 5.41) is 2.95. The predicted octanol–water partition coefficient (Wildman–Crippen LogP) is 6.71. The Labute approximate surface area is 355 Å². The number of fused-ring (bicyclic) bond motifs is 2. The minimum atomic E-state index is -4.15. The molecule has 15 heteroatoms. The molecule has 2 amide bonds. The summed E-state index contributed by atoms with van der Waals surface area (Å²) in [7, 11) is -4.84. The van der Waals surface area contributed by atoms with Crippen LogP contribution in [0, 0.1) is 0 Å². The van der Waals surface area contributed by atoms with Crippen molar-refractivity contribution in [3.05, 3.63) is 119 Å². The number of aromatic nitrogens is 1. The van der Waals surface area contributed by atoms with Gasteiger partial charge in [0.2, 0.25) is 11.6 Å². The smallest absolute Gasteiger partial charge is 0.265 e. The Morgan fingerprint density at radius 3 is 2.17 bits per heavy atom. The van der Waals surface area contributed by atoms with Gasteiger partial charge < -0.3 is 15.1 Å². The van der Waals surface area contributed by atoms with Crippen LogP contribution in [0.25, 0.3) is 5.57 Å². The number of pyridine rings is 1. The second-order valence-electron chi connectivity index (χ2n) is 16.5. The summed E-state index contributed by atoms with van der Waals surface area (Å²) in [6.07, 6.45) is 12.6. The molecule has 13 nitrogen and oxygen atoms in total. The van der Waals surface area contributed by atoms with E-state index in [2.05, 4.69) is 54.6 Å². The van der Waals surface area contributed by atoms with Gasteiger partial charge in [-0.05, 0) is 69.0 Å². The number of para-hydroxylation sites is 2. The molecule has 3 aromatic rings. The van der Waals surface area contributed by atoms with Gasteiger partial charge in [-0.15, -0.1) is 0 Å². The van der Waals surface area contributed by atoms with Crippen LogP contribution in [0.4, 0.5) is 11.4 Å². The maximum atomic E-state index is 13.1. The standard InChI is InChI=1S/C45H57N5O8S2/c1-44(2)35-16-9-11-18-38(35)49(28-14-30-59(53,54)55)40(44)25-22-33(37-24-21-34(32-47-37)43(52)46-27-13-7-8-20-42(51)48(5)6)23-26-41-45(3,4)36-17-10-12-19-39(36)50(41)29-15-31-60(56,57)58/h9-12,16-19,21-26,32H,7-8,13-15,20,27-31H2,1-6H3,(H2-,46,52,53,54,55,56,57,58)/p+1. The van der Waals surface area contributed by atoms with E-state index in [0.717, 1.165) is 53.2 Å². The zero-order chi connectivity index (χ0) is 43.9. The number of rotatable bonds is 19. The van der Waals surface area contributed by atoms with Crippen LogP contribution in [0.5, 0.6) is 0 Å². The quantitative estimate of drug-likeness (QED) is 0.0508. The molecule has 2 aliphatic heterocycles. The lowest BCUT2D eigenvalue weighted by Gasteiger charge is -2.27. The number of carbonyl (C=O) groups excluding carboxylic acids is 2. The van der Waals surface area contributed by atoms with Gasteiger partial charge in [-0.25, -0.2) is 0 Å². The van der Waals surface area contributed by atoms with Crippen molar-refractivity contribution < 1.29 is 40.1 Å². The molecule has 60 heavy (non-hydrogen) atoms. The molecule has 0 aliphatic carbocycles. The van der Waals surface area contributed by atoms with Gasteiger partial charge in [0.05, 0.1) is 28.2 Å². The molecule has 0 fully saturated rings. The number of unbranched alkanes of at least 4 members (excludes halogenated alkanes) is 2. The first-order valence-corrected chi connectivity index (χ1v) is 23.5. The fraction of sp³-hybridized carbons (Fsp3) is 0.422. The second kappa shape index (κ2) is 19.2. The zero-order valence-electron chi connectivity index (χ0n) is 35.4. The molecule has 0 unspecified atom stereocenters. The average molecular weight is 861 g/mol. The van der Waals surface area contributed by atoms with Crippen LogP contribution in [0.15, 0.2) is 96.9 Å². The van der Waals surface area contributed by atoms with E-state index < -0.39 is 31.1 Å². The Kier molecular flexibility index (Phi) is 14.7. The number of hydrogen-bond donors (Lipinski definition) is 3. The summed E-state index contributed by atoms with van der Waals surface area (Å²) in [5.74, 6) is -0.919. The molecule has 0 saturated carbocycles. The largest absolute Gasteiger partial charge is 0.352 e. The summed E-state index contributed by atoms with van der Waals surface area (Å²) in [4.78, 5) is 33.4. The van der Waals surface area contributed by atoms with Gasteiger partial charge in [-0.2, -0.15) is 21.4 Å². The van der Waals surface area contributed by atoms with Crippen LogP contribution >= 0.6 is 0 Å². The van der Waals surface area contributed by atoms with E-state index in [1.807, 2.05) is 60.7 Å². The lowest BCUT2D eigenvalue weighted by Crippen LogP contribution is -2.28. The Bertz CT molecular complexity index is 2420. The molecule has 322 valence electrons. The first kappa shape index (κ1) is 46.1. The van der Waals surface area contributed by atoms with Crippen molar-refractivity contribution >= 4 is 54.7 Å². The molecule has 0 bridgehead atoms. The molecule has 0 radical (unpaired) electrons. The van der Waals surface area contributed by atoms with Crippen LogP contribution in [0.3, 0.4) is 0 Å². The Balaban J connectivity index is 1.51. The molecule has 1 aromatic heterocycles. The maximum Gasteiger partial charge on any atom is 0.265 e. The maximum absolute atomic E-state index is 13.1. The third kappa shape index (κ3) is 11.4. The number of anilines is 1. The highest BCUT2D eigenvalue weighted by molar-refractivity contribution is 7.86. The van der Waals surface area contributed by atoms with Crippen LogP contribution < -0.4 is 10.2 Å². The summed E-state index contributed by atoms with van der Waals surface area (Å²) >= 11 is 0. The fourth-order valence-electron chi connectivity index (χ4n) is 7.94. The highest BCUT2D eigenvalue weighted by Crippen LogP contribution is 2.48. The summed E-state index contributed by atoms with van der Waals surface area (Å²) in [5.41, 5.74) is 6.64. The topological polar surface area (TPSA) is 177 Å². The summed E-state index contributed by atoms with van der Waals surface area (Å²) < 4.78 is 67.8. The molecule has 0 spiro atoms. The van der Waals surface area contributed by atoms with Gasteiger partial charge in [-0.3, -0.25) is 23.7 Å². The molecule has 3 N–H and O–H groups in total. The van der Waals surface area contributed by atoms with Gasteiger partial charge in [0.25, 0.3) is 26.1 Å². The number of allylic oxidation sites excluding steroid dienone is 6. The van der Waals surface area contributed by atoms with Gasteiger partial charge in [0.15, 0.2) is 5.71 Å². The molecule has 0 atom stereocenters. The van der Waals surface area contributed by atoms with E-state index in [4.69, 9.17) is 4.98 Å². The number of nitrogens with one attached hydrogen (secondary N) is 1. The predicted molar refractivity (Wildman–Crippen MR) is 237 cm³/mol. The van der Waals surface area contributed by atoms with Gasteiger partial charge in [-0.1, -0.05) is 62.7 Å². The number of benzene rings is 2. The summed E-state index contributed by atoms with van der Waals surface area (Å²) in [6, 6.07) is 19.5. The first-order valence-electron chi connectivity index (χ1n) is 20.3. The van der Waals surface area contributed by atoms with Crippen molar-refractivity contribution in [2.75, 3.05) is 50.1 Å². The first-order chi connectivity index (χ1) is 28.2. The van der Waals surface area contributed by atoms with Crippen molar-refractivity contribution in [3.8, 4) is 0 Å². The third-order valence-electron chi connectivity index (χ3n) is 11.2. The van der Waals surface area contributed by atoms with Gasteiger partial charge >= 0.3 is 0 Å². The minimum Gasteiger partial charge on any atom is -0.352 e.